The molecule has 2 aliphatic heterocycles. The summed E-state index contributed by atoms with van der Waals surface area (Å²) < 4.78 is 39.3. The van der Waals surface area contributed by atoms with Crippen molar-refractivity contribution >= 4 is 16.0 Å². The van der Waals surface area contributed by atoms with Crippen LogP contribution in [0.25, 0.3) is 0 Å². The van der Waals surface area contributed by atoms with Gasteiger partial charge in [0.15, 0.2) is 0 Å². The molecule has 4 atom stereocenters. The second-order valence-electron chi connectivity index (χ2n) is 7.07. The molecule has 0 saturated carbocycles. The molecule has 150 valence electrons. The summed E-state index contributed by atoms with van der Waals surface area (Å²) in [6, 6.07) is 6.20. The van der Waals surface area contributed by atoms with Gasteiger partial charge < -0.3 is 19.7 Å². The maximum atomic E-state index is 13.4. The number of aliphatic hydroxyl groups is 1. The molecule has 1 aromatic carbocycles. The first-order valence-corrected chi connectivity index (χ1v) is 10.4. The van der Waals surface area contributed by atoms with Crippen molar-refractivity contribution in [2.24, 2.45) is 0 Å². The number of aliphatic carboxylic acids is 1. The van der Waals surface area contributed by atoms with Crippen molar-refractivity contribution < 1.29 is 32.9 Å². The monoisotopic (exact) mass is 399 g/mol. The topological polar surface area (TPSA) is 113 Å². The van der Waals surface area contributed by atoms with Crippen molar-refractivity contribution in [3.05, 3.63) is 29.8 Å². The first kappa shape index (κ1) is 20.2. The lowest BCUT2D eigenvalue weighted by Gasteiger charge is -2.43. The van der Waals surface area contributed by atoms with E-state index >= 15 is 0 Å². The Hall–Kier alpha value is -1.52. The van der Waals surface area contributed by atoms with Crippen molar-refractivity contribution in [2.75, 3.05) is 19.8 Å². The Morgan fingerprint density at radius 3 is 2.70 bits per heavy atom. The SMILES string of the molecule is Cc1ccccc1S(=O)(=O)N1C[C@H](O)COC[C@H]2O[C@@H](CC(=O)O)CC[C@@H]21. The second kappa shape index (κ2) is 8.24. The normalized spacial score (nSPS) is 30.1. The van der Waals surface area contributed by atoms with Gasteiger partial charge in [-0.1, -0.05) is 18.2 Å². The Morgan fingerprint density at radius 1 is 1.26 bits per heavy atom. The van der Waals surface area contributed by atoms with Gasteiger partial charge in [-0.05, 0) is 31.4 Å². The number of rotatable bonds is 4. The van der Waals surface area contributed by atoms with Gasteiger partial charge in [0.25, 0.3) is 0 Å². The number of β-amino-alcohol motifs (C(OH)–C–C–N with tert-alkyl or cyclic N) is 1. The van der Waals surface area contributed by atoms with Gasteiger partial charge in [-0.3, -0.25) is 4.79 Å². The highest BCUT2D eigenvalue weighted by Crippen LogP contribution is 2.32. The van der Waals surface area contributed by atoms with Crippen LogP contribution >= 0.6 is 0 Å². The van der Waals surface area contributed by atoms with Gasteiger partial charge in [-0.2, -0.15) is 4.31 Å². The summed E-state index contributed by atoms with van der Waals surface area (Å²) in [7, 11) is -3.85. The Balaban J connectivity index is 1.92. The molecular weight excluding hydrogens is 374 g/mol. The molecule has 0 aliphatic carbocycles. The minimum Gasteiger partial charge on any atom is -0.481 e. The van der Waals surface area contributed by atoms with Gasteiger partial charge >= 0.3 is 5.97 Å². The highest BCUT2D eigenvalue weighted by Gasteiger charge is 2.43. The molecule has 0 unspecified atom stereocenters. The molecule has 0 bridgehead atoms. The Bertz CT molecular complexity index is 782. The molecule has 2 N–H and O–H groups in total. The zero-order valence-corrected chi connectivity index (χ0v) is 16.0. The van der Waals surface area contributed by atoms with E-state index in [1.54, 1.807) is 31.2 Å². The number of aliphatic hydroxyl groups excluding tert-OH is 1. The van der Waals surface area contributed by atoms with Crippen LogP contribution in [0.3, 0.4) is 0 Å². The lowest BCUT2D eigenvalue weighted by molar-refractivity contribution is -0.155. The second-order valence-corrected chi connectivity index (χ2v) is 8.93. The maximum absolute atomic E-state index is 13.4. The van der Waals surface area contributed by atoms with Crippen LogP contribution < -0.4 is 0 Å². The van der Waals surface area contributed by atoms with E-state index in [0.29, 0.717) is 18.4 Å². The van der Waals surface area contributed by atoms with Crippen molar-refractivity contribution in [2.45, 2.75) is 55.4 Å². The molecular formula is C18H25NO7S. The first-order valence-electron chi connectivity index (χ1n) is 8.99. The number of carboxylic acids is 1. The fourth-order valence-corrected chi connectivity index (χ4v) is 5.68. The molecule has 2 fully saturated rings. The average Bonchev–Trinajstić information content (AvgIpc) is 2.58. The van der Waals surface area contributed by atoms with E-state index in [-0.39, 0.29) is 31.1 Å². The van der Waals surface area contributed by atoms with E-state index in [1.165, 1.54) is 4.31 Å². The largest absolute Gasteiger partial charge is 0.481 e. The van der Waals surface area contributed by atoms with Gasteiger partial charge in [0.1, 0.15) is 0 Å². The van der Waals surface area contributed by atoms with Crippen molar-refractivity contribution in [3.8, 4) is 0 Å². The Labute approximate surface area is 158 Å². The molecule has 2 aliphatic rings. The summed E-state index contributed by atoms with van der Waals surface area (Å²) in [4.78, 5) is 11.2. The van der Waals surface area contributed by atoms with Crippen LogP contribution in [0.4, 0.5) is 0 Å². The number of fused-ring (bicyclic) bond motifs is 1. The number of benzene rings is 1. The number of ether oxygens (including phenoxy) is 2. The number of nitrogens with zero attached hydrogens (tertiary/aromatic N) is 1. The van der Waals surface area contributed by atoms with E-state index in [9.17, 15) is 18.3 Å². The number of carboxylic acid groups (broad SMARTS) is 1. The molecule has 2 saturated heterocycles. The summed E-state index contributed by atoms with van der Waals surface area (Å²) in [5.41, 5.74) is 0.627. The molecule has 0 radical (unpaired) electrons. The number of sulfonamides is 1. The highest BCUT2D eigenvalue weighted by atomic mass is 32.2. The van der Waals surface area contributed by atoms with E-state index < -0.39 is 40.3 Å². The maximum Gasteiger partial charge on any atom is 0.305 e. The van der Waals surface area contributed by atoms with Gasteiger partial charge in [-0.15, -0.1) is 0 Å². The van der Waals surface area contributed by atoms with Crippen LogP contribution in [0.1, 0.15) is 24.8 Å². The minimum atomic E-state index is -3.85. The van der Waals surface area contributed by atoms with E-state index in [2.05, 4.69) is 0 Å². The van der Waals surface area contributed by atoms with E-state index in [4.69, 9.17) is 14.6 Å². The standard InChI is InChI=1S/C18H25NO7S/c1-12-4-2-3-5-17(12)27(23,24)19-9-13(20)10-25-11-16-15(19)7-6-14(26-16)8-18(21)22/h2-5,13-16,20H,6-11H2,1H3,(H,21,22)/t13-,14+,15-,16+/m0/s1. The predicted octanol–water partition coefficient (Wildman–Crippen LogP) is 0.768. The van der Waals surface area contributed by atoms with Crippen LogP contribution in [0.15, 0.2) is 29.2 Å². The lowest BCUT2D eigenvalue weighted by atomic mass is 9.96. The quantitative estimate of drug-likeness (QED) is 0.769. The zero-order chi connectivity index (χ0) is 19.6. The summed E-state index contributed by atoms with van der Waals surface area (Å²) in [6.45, 7) is 1.74. The summed E-state index contributed by atoms with van der Waals surface area (Å²) >= 11 is 0. The lowest BCUT2D eigenvalue weighted by Crippen LogP contribution is -2.57. The summed E-state index contributed by atoms with van der Waals surface area (Å²) in [6.07, 6.45) is -1.24. The minimum absolute atomic E-state index is 0.00400. The molecule has 1 aromatic rings. The van der Waals surface area contributed by atoms with Gasteiger partial charge in [0.2, 0.25) is 10.0 Å². The van der Waals surface area contributed by atoms with Gasteiger partial charge in [0, 0.05) is 6.54 Å². The van der Waals surface area contributed by atoms with Crippen LogP contribution in [0.5, 0.6) is 0 Å². The third-order valence-corrected chi connectivity index (χ3v) is 7.07. The van der Waals surface area contributed by atoms with E-state index in [0.717, 1.165) is 0 Å². The first-order chi connectivity index (χ1) is 12.8. The number of hydrogen-bond acceptors (Lipinski definition) is 6. The van der Waals surface area contributed by atoms with Gasteiger partial charge in [-0.25, -0.2) is 8.42 Å². The smallest absolute Gasteiger partial charge is 0.305 e. The molecule has 0 amide bonds. The van der Waals surface area contributed by atoms with Crippen molar-refractivity contribution in [3.63, 3.8) is 0 Å². The number of aryl methyl sites for hydroxylation is 1. The van der Waals surface area contributed by atoms with Crippen molar-refractivity contribution in [1.82, 2.24) is 4.31 Å². The van der Waals surface area contributed by atoms with Crippen molar-refractivity contribution in [1.29, 1.82) is 0 Å². The molecule has 9 heteroatoms. The zero-order valence-electron chi connectivity index (χ0n) is 15.2. The molecule has 0 spiro atoms. The van der Waals surface area contributed by atoms with Crippen LogP contribution in [-0.4, -0.2) is 73.0 Å². The molecule has 3 rings (SSSR count). The third-order valence-electron chi connectivity index (χ3n) is 5.02. The number of carbonyl (C=O) groups is 1. The predicted molar refractivity (Wildman–Crippen MR) is 95.8 cm³/mol. The molecule has 8 nitrogen and oxygen atoms in total. The Kier molecular flexibility index (Phi) is 6.17. The van der Waals surface area contributed by atoms with Crippen LogP contribution in [-0.2, 0) is 24.3 Å². The third kappa shape index (κ3) is 4.49. The molecule has 27 heavy (non-hydrogen) atoms. The van der Waals surface area contributed by atoms with Gasteiger partial charge in [0.05, 0.1) is 48.9 Å². The molecule has 2 heterocycles. The van der Waals surface area contributed by atoms with Crippen LogP contribution in [0.2, 0.25) is 0 Å². The fourth-order valence-electron chi connectivity index (χ4n) is 3.74. The van der Waals surface area contributed by atoms with Crippen LogP contribution in [0, 0.1) is 6.92 Å². The average molecular weight is 399 g/mol. The Morgan fingerprint density at radius 2 is 2.00 bits per heavy atom. The summed E-state index contributed by atoms with van der Waals surface area (Å²) in [5, 5.41) is 19.2. The fraction of sp³-hybridized carbons (Fsp3) is 0.611. The molecule has 0 aromatic heterocycles. The van der Waals surface area contributed by atoms with E-state index in [1.807, 2.05) is 0 Å². The highest BCUT2D eigenvalue weighted by molar-refractivity contribution is 7.89. The summed E-state index contributed by atoms with van der Waals surface area (Å²) in [5.74, 6) is -0.954. The number of hydrogen-bond donors (Lipinski definition) is 2.